The summed E-state index contributed by atoms with van der Waals surface area (Å²) in [5, 5.41) is 4.87. The normalized spacial score (nSPS) is 15.0. The fourth-order valence-electron chi connectivity index (χ4n) is 2.45. The number of nitrogens with zero attached hydrogens (tertiary/aromatic N) is 4. The average molecular weight is 325 g/mol. The summed E-state index contributed by atoms with van der Waals surface area (Å²) in [7, 11) is 0. The van der Waals surface area contributed by atoms with Gasteiger partial charge in [0, 0.05) is 32.4 Å². The van der Waals surface area contributed by atoms with E-state index in [4.69, 9.17) is 12.2 Å². The van der Waals surface area contributed by atoms with Gasteiger partial charge < -0.3 is 9.80 Å². The van der Waals surface area contributed by atoms with Crippen LogP contribution < -0.4 is 10.3 Å². The van der Waals surface area contributed by atoms with Gasteiger partial charge in [0.05, 0.1) is 6.21 Å². The maximum atomic E-state index is 5.41. The van der Waals surface area contributed by atoms with Crippen LogP contribution in [0, 0.1) is 0 Å². The largest absolute Gasteiger partial charge is 0.353 e. The first-order valence-electron chi connectivity index (χ1n) is 7.62. The highest BCUT2D eigenvalue weighted by Crippen LogP contribution is 2.12. The van der Waals surface area contributed by atoms with E-state index in [1.165, 1.54) is 0 Å². The topological polar surface area (TPSA) is 43.8 Å². The molecule has 0 unspecified atom stereocenters. The summed E-state index contributed by atoms with van der Waals surface area (Å²) in [5.74, 6) is 1.02. The van der Waals surface area contributed by atoms with Crippen LogP contribution in [0.3, 0.4) is 0 Å². The average Bonchev–Trinajstić information content (AvgIpc) is 2.63. The van der Waals surface area contributed by atoms with E-state index in [2.05, 4.69) is 25.3 Å². The highest BCUT2D eigenvalue weighted by atomic mass is 32.1. The van der Waals surface area contributed by atoms with Crippen LogP contribution in [0.2, 0.25) is 0 Å². The van der Waals surface area contributed by atoms with E-state index < -0.39 is 0 Å². The first-order chi connectivity index (χ1) is 11.3. The zero-order chi connectivity index (χ0) is 15.9. The Morgan fingerprint density at radius 2 is 1.78 bits per heavy atom. The molecule has 5 nitrogen and oxygen atoms in total. The minimum Gasteiger partial charge on any atom is -0.353 e. The minimum absolute atomic E-state index is 0.665. The number of anilines is 1. The molecule has 0 atom stereocenters. The van der Waals surface area contributed by atoms with Crippen molar-refractivity contribution in [1.29, 1.82) is 0 Å². The molecule has 1 N–H and O–H groups in total. The molecule has 1 aliphatic heterocycles. The number of piperazine rings is 1. The SMILES string of the molecule is S=C(N/N=C\c1ccccc1)N1CCN(c2ccccn2)CC1. The molecule has 0 bridgehead atoms. The van der Waals surface area contributed by atoms with Crippen molar-refractivity contribution in [2.75, 3.05) is 31.1 Å². The summed E-state index contributed by atoms with van der Waals surface area (Å²) in [6.07, 6.45) is 3.60. The summed E-state index contributed by atoms with van der Waals surface area (Å²) in [6.45, 7) is 3.54. The standard InChI is InChI=1S/C17H19N5S/c23-17(20-19-14-15-6-2-1-3-7-15)22-12-10-21(11-13-22)16-8-4-5-9-18-16/h1-9,14H,10-13H2,(H,20,23)/b19-14-. The van der Waals surface area contributed by atoms with Gasteiger partial charge in [-0.25, -0.2) is 4.98 Å². The molecule has 118 valence electrons. The predicted molar refractivity (Wildman–Crippen MR) is 97.8 cm³/mol. The van der Waals surface area contributed by atoms with Crippen LogP contribution in [0.5, 0.6) is 0 Å². The first kappa shape index (κ1) is 15.4. The summed E-state index contributed by atoms with van der Waals surface area (Å²) < 4.78 is 0. The van der Waals surface area contributed by atoms with Crippen LogP contribution in [-0.2, 0) is 0 Å². The van der Waals surface area contributed by atoms with E-state index >= 15 is 0 Å². The van der Waals surface area contributed by atoms with Gasteiger partial charge in [0.1, 0.15) is 5.82 Å². The van der Waals surface area contributed by atoms with Crippen molar-refractivity contribution in [3.8, 4) is 0 Å². The number of nitrogens with one attached hydrogen (secondary N) is 1. The van der Waals surface area contributed by atoms with Crippen molar-refractivity contribution >= 4 is 29.4 Å². The molecule has 0 radical (unpaired) electrons. The smallest absolute Gasteiger partial charge is 0.189 e. The van der Waals surface area contributed by atoms with Gasteiger partial charge >= 0.3 is 0 Å². The molecule has 1 aromatic heterocycles. The van der Waals surface area contributed by atoms with Crippen LogP contribution in [0.25, 0.3) is 0 Å². The lowest BCUT2D eigenvalue weighted by Gasteiger charge is -2.36. The fraction of sp³-hybridized carbons (Fsp3) is 0.235. The number of aromatic nitrogens is 1. The quantitative estimate of drug-likeness (QED) is 0.532. The van der Waals surface area contributed by atoms with Gasteiger partial charge in [-0.15, -0.1) is 0 Å². The van der Waals surface area contributed by atoms with Gasteiger partial charge in [-0.2, -0.15) is 5.10 Å². The molecular formula is C17H19N5S. The molecule has 23 heavy (non-hydrogen) atoms. The van der Waals surface area contributed by atoms with E-state index in [1.807, 2.05) is 54.7 Å². The zero-order valence-electron chi connectivity index (χ0n) is 12.8. The number of rotatable bonds is 3. The Morgan fingerprint density at radius 3 is 2.48 bits per heavy atom. The molecule has 1 fully saturated rings. The molecule has 3 rings (SSSR count). The first-order valence-corrected chi connectivity index (χ1v) is 8.03. The number of hydrazone groups is 1. The maximum absolute atomic E-state index is 5.41. The molecule has 1 saturated heterocycles. The molecule has 0 amide bonds. The van der Waals surface area contributed by atoms with E-state index in [1.54, 1.807) is 6.21 Å². The Kier molecular flexibility index (Phi) is 5.16. The molecule has 1 aliphatic rings. The number of thiocarbonyl (C=S) groups is 1. The van der Waals surface area contributed by atoms with Crippen molar-refractivity contribution in [1.82, 2.24) is 15.3 Å². The highest BCUT2D eigenvalue weighted by Gasteiger charge is 2.19. The molecular weight excluding hydrogens is 306 g/mol. The van der Waals surface area contributed by atoms with Crippen molar-refractivity contribution in [3.63, 3.8) is 0 Å². The summed E-state index contributed by atoms with van der Waals surface area (Å²) in [5.41, 5.74) is 3.99. The molecule has 0 saturated carbocycles. The lowest BCUT2D eigenvalue weighted by atomic mass is 10.2. The van der Waals surface area contributed by atoms with Gasteiger partial charge in [0.15, 0.2) is 5.11 Å². The van der Waals surface area contributed by atoms with Gasteiger partial charge in [0.2, 0.25) is 0 Å². The minimum atomic E-state index is 0.665. The van der Waals surface area contributed by atoms with Gasteiger partial charge in [-0.05, 0) is 29.9 Å². The fourth-order valence-corrected chi connectivity index (χ4v) is 2.69. The lowest BCUT2D eigenvalue weighted by molar-refractivity contribution is 0.380. The summed E-state index contributed by atoms with van der Waals surface area (Å²) >= 11 is 5.41. The van der Waals surface area contributed by atoms with E-state index in [0.717, 1.165) is 37.6 Å². The third kappa shape index (κ3) is 4.26. The van der Waals surface area contributed by atoms with E-state index in [-0.39, 0.29) is 0 Å². The summed E-state index contributed by atoms with van der Waals surface area (Å²) in [4.78, 5) is 8.80. The van der Waals surface area contributed by atoms with Gasteiger partial charge in [-0.3, -0.25) is 5.43 Å². The molecule has 2 heterocycles. The van der Waals surface area contributed by atoms with E-state index in [0.29, 0.717) is 5.11 Å². The second kappa shape index (κ2) is 7.69. The number of hydrogen-bond acceptors (Lipinski definition) is 4. The molecule has 0 aliphatic carbocycles. The molecule has 6 heteroatoms. The maximum Gasteiger partial charge on any atom is 0.189 e. The Hall–Kier alpha value is -2.47. The summed E-state index contributed by atoms with van der Waals surface area (Å²) in [6, 6.07) is 15.9. The van der Waals surface area contributed by atoms with Crippen LogP contribution >= 0.6 is 12.2 Å². The van der Waals surface area contributed by atoms with Crippen molar-refractivity contribution < 1.29 is 0 Å². The third-order valence-corrected chi connectivity index (χ3v) is 4.06. The Bertz CT molecular complexity index is 651. The predicted octanol–water partition coefficient (Wildman–Crippen LogP) is 2.11. The van der Waals surface area contributed by atoms with Gasteiger partial charge in [-0.1, -0.05) is 36.4 Å². The third-order valence-electron chi connectivity index (χ3n) is 3.71. The Labute approximate surface area is 141 Å². The Balaban J connectivity index is 1.48. The molecule has 2 aromatic rings. The number of benzene rings is 1. The van der Waals surface area contributed by atoms with Crippen LogP contribution in [0.15, 0.2) is 59.8 Å². The van der Waals surface area contributed by atoms with E-state index in [9.17, 15) is 0 Å². The van der Waals surface area contributed by atoms with Crippen molar-refractivity contribution in [2.24, 2.45) is 5.10 Å². The molecule has 0 spiro atoms. The van der Waals surface area contributed by atoms with Crippen molar-refractivity contribution in [2.45, 2.75) is 0 Å². The van der Waals surface area contributed by atoms with Crippen LogP contribution in [0.1, 0.15) is 5.56 Å². The highest BCUT2D eigenvalue weighted by molar-refractivity contribution is 7.80. The number of pyridine rings is 1. The Morgan fingerprint density at radius 1 is 1.04 bits per heavy atom. The molecule has 1 aromatic carbocycles. The van der Waals surface area contributed by atoms with Crippen LogP contribution in [0.4, 0.5) is 5.82 Å². The van der Waals surface area contributed by atoms with Crippen molar-refractivity contribution in [3.05, 3.63) is 60.3 Å². The number of hydrogen-bond donors (Lipinski definition) is 1. The second-order valence-electron chi connectivity index (χ2n) is 5.25. The second-order valence-corrected chi connectivity index (χ2v) is 5.63. The zero-order valence-corrected chi connectivity index (χ0v) is 13.6. The van der Waals surface area contributed by atoms with Crippen LogP contribution in [-0.4, -0.2) is 47.4 Å². The monoisotopic (exact) mass is 325 g/mol. The van der Waals surface area contributed by atoms with Gasteiger partial charge in [0.25, 0.3) is 0 Å². The lowest BCUT2D eigenvalue weighted by Crippen LogP contribution is -2.51.